The highest BCUT2D eigenvalue weighted by Gasteiger charge is 1.91. The zero-order chi connectivity index (χ0) is 7.56. The molecule has 0 unspecified atom stereocenters. The number of hydrogen-bond donors (Lipinski definition) is 2. The molecule has 10 heavy (non-hydrogen) atoms. The molecule has 0 aliphatic heterocycles. The van der Waals surface area contributed by atoms with Gasteiger partial charge in [0, 0.05) is 0 Å². The van der Waals surface area contributed by atoms with Crippen molar-refractivity contribution < 1.29 is 0 Å². The molecule has 1 heterocycles. The maximum Gasteiger partial charge on any atom is 0.352 e. The van der Waals surface area contributed by atoms with Gasteiger partial charge in [-0.2, -0.15) is 4.98 Å². The molecule has 0 radical (unpaired) electrons. The van der Waals surface area contributed by atoms with Gasteiger partial charge >= 0.3 is 11.4 Å². The van der Waals surface area contributed by atoms with Crippen LogP contribution in [0.15, 0.2) is 14.6 Å². The largest absolute Gasteiger partial charge is 0.352 e. The molecule has 0 bridgehead atoms. The summed E-state index contributed by atoms with van der Waals surface area (Å²) in [5.41, 5.74) is -1.37. The fourth-order valence-electron chi connectivity index (χ4n) is 0.457. The van der Waals surface area contributed by atoms with Gasteiger partial charge < -0.3 is 0 Å². The van der Waals surface area contributed by atoms with Crippen LogP contribution in [0.3, 0.4) is 0 Å². The second kappa shape index (κ2) is 2.26. The third-order valence-electron chi connectivity index (χ3n) is 0.803. The van der Waals surface area contributed by atoms with Crippen LogP contribution in [-0.4, -0.2) is 21.7 Å². The van der Waals surface area contributed by atoms with Gasteiger partial charge in [-0.05, 0) is 6.72 Å². The second-order valence-corrected chi connectivity index (χ2v) is 1.48. The molecule has 0 fully saturated rings. The van der Waals surface area contributed by atoms with Crippen molar-refractivity contribution in [3.05, 3.63) is 21.0 Å². The Labute approximate surface area is 54.7 Å². The molecule has 0 saturated carbocycles. The summed E-state index contributed by atoms with van der Waals surface area (Å²) >= 11 is 0. The summed E-state index contributed by atoms with van der Waals surface area (Å²) in [5, 5.41) is 0. The van der Waals surface area contributed by atoms with Crippen LogP contribution in [-0.2, 0) is 0 Å². The quantitative estimate of drug-likeness (QED) is 0.479. The second-order valence-electron chi connectivity index (χ2n) is 1.48. The minimum atomic E-state index is -0.730. The first-order valence-electron chi connectivity index (χ1n) is 2.40. The Morgan fingerprint density at radius 2 is 2.10 bits per heavy atom. The van der Waals surface area contributed by atoms with Crippen LogP contribution in [0.5, 0.6) is 0 Å². The van der Waals surface area contributed by atoms with Crippen molar-refractivity contribution in [2.75, 3.05) is 0 Å². The summed E-state index contributed by atoms with van der Waals surface area (Å²) in [7, 11) is 0. The van der Waals surface area contributed by atoms with E-state index < -0.39 is 11.4 Å². The van der Waals surface area contributed by atoms with Gasteiger partial charge in [0.25, 0.3) is 0 Å². The van der Waals surface area contributed by atoms with Gasteiger partial charge in [-0.1, -0.05) is 0 Å². The highest BCUT2D eigenvalue weighted by molar-refractivity contribution is 5.33. The maximum absolute atomic E-state index is 10.4. The third-order valence-corrected chi connectivity index (χ3v) is 0.803. The van der Waals surface area contributed by atoms with E-state index in [0.717, 1.165) is 0 Å². The fourth-order valence-corrected chi connectivity index (χ4v) is 0.457. The van der Waals surface area contributed by atoms with Crippen molar-refractivity contribution in [3.63, 3.8) is 0 Å². The highest BCUT2D eigenvalue weighted by Crippen LogP contribution is 1.88. The number of aliphatic imine (C=N–C) groups is 1. The topological polar surface area (TPSA) is 91.0 Å². The predicted molar refractivity (Wildman–Crippen MR) is 34.7 cm³/mol. The van der Waals surface area contributed by atoms with Gasteiger partial charge in [-0.15, -0.1) is 0 Å². The molecule has 0 aliphatic carbocycles. The number of hydrogen-bond acceptors (Lipinski definition) is 4. The van der Waals surface area contributed by atoms with E-state index >= 15 is 0 Å². The Kier molecular flexibility index (Phi) is 1.44. The van der Waals surface area contributed by atoms with E-state index in [1.807, 2.05) is 4.98 Å². The zero-order valence-electron chi connectivity index (χ0n) is 4.92. The van der Waals surface area contributed by atoms with Crippen molar-refractivity contribution in [1.82, 2.24) is 15.0 Å². The SMILES string of the molecule is C=Nc1nc(=O)[nH]c(=O)[nH]1. The predicted octanol–water partition coefficient (Wildman–Crippen LogP) is -1.21. The van der Waals surface area contributed by atoms with Gasteiger partial charge in [-0.25, -0.2) is 14.6 Å². The number of nitrogens with one attached hydrogen (secondary N) is 2. The van der Waals surface area contributed by atoms with Crippen LogP contribution >= 0.6 is 0 Å². The average molecular weight is 140 g/mol. The lowest BCUT2D eigenvalue weighted by Gasteiger charge is -1.85. The summed E-state index contributed by atoms with van der Waals surface area (Å²) in [6.07, 6.45) is 0. The molecule has 0 aliphatic rings. The number of aromatic nitrogens is 3. The molecule has 0 atom stereocenters. The molecule has 6 nitrogen and oxygen atoms in total. The first-order chi connectivity index (χ1) is 4.72. The van der Waals surface area contributed by atoms with E-state index in [0.29, 0.717) is 0 Å². The van der Waals surface area contributed by atoms with E-state index in [9.17, 15) is 9.59 Å². The molecule has 0 saturated heterocycles. The monoisotopic (exact) mass is 140 g/mol. The Hall–Kier alpha value is -1.72. The van der Waals surface area contributed by atoms with E-state index in [1.165, 1.54) is 0 Å². The summed E-state index contributed by atoms with van der Waals surface area (Å²) in [5.74, 6) is -0.0752. The minimum Gasteiger partial charge on any atom is -0.276 e. The first kappa shape index (κ1) is 6.40. The smallest absolute Gasteiger partial charge is 0.276 e. The minimum absolute atomic E-state index is 0.0752. The summed E-state index contributed by atoms with van der Waals surface area (Å²) in [6, 6.07) is 0. The Balaban J connectivity index is 3.46. The number of rotatable bonds is 1. The summed E-state index contributed by atoms with van der Waals surface area (Å²) < 4.78 is 0. The van der Waals surface area contributed by atoms with E-state index in [4.69, 9.17) is 0 Å². The van der Waals surface area contributed by atoms with Crippen molar-refractivity contribution in [3.8, 4) is 0 Å². The average Bonchev–Trinajstić information content (AvgIpc) is 1.85. The fraction of sp³-hybridized carbons (Fsp3) is 0. The normalized spacial score (nSPS) is 9.20. The van der Waals surface area contributed by atoms with Gasteiger partial charge in [0.15, 0.2) is 0 Å². The standard InChI is InChI=1S/C4H4N4O2/c1-5-2-6-3(9)8-4(10)7-2/h1H2,(H2,6,7,8,9,10). The van der Waals surface area contributed by atoms with Crippen molar-refractivity contribution >= 4 is 12.7 Å². The molecule has 6 heteroatoms. The molecule has 0 aromatic carbocycles. The van der Waals surface area contributed by atoms with Gasteiger partial charge in [0.1, 0.15) is 0 Å². The van der Waals surface area contributed by atoms with Crippen LogP contribution in [0, 0.1) is 0 Å². The number of nitrogens with zero attached hydrogens (tertiary/aromatic N) is 2. The van der Waals surface area contributed by atoms with E-state index in [1.54, 1.807) is 0 Å². The van der Waals surface area contributed by atoms with E-state index in [-0.39, 0.29) is 5.95 Å². The molecule has 1 rings (SSSR count). The van der Waals surface area contributed by atoms with Crippen molar-refractivity contribution in [2.24, 2.45) is 4.99 Å². The number of H-pyrrole nitrogens is 2. The summed E-state index contributed by atoms with van der Waals surface area (Å²) in [6.45, 7) is 3.08. The lowest BCUT2D eigenvalue weighted by molar-refractivity contribution is 0.932. The maximum atomic E-state index is 10.4. The molecular formula is C4H4N4O2. The van der Waals surface area contributed by atoms with Crippen molar-refractivity contribution in [1.29, 1.82) is 0 Å². The lowest BCUT2D eigenvalue weighted by Crippen LogP contribution is -2.23. The Morgan fingerprint density at radius 1 is 1.40 bits per heavy atom. The van der Waals surface area contributed by atoms with Crippen LogP contribution in [0.4, 0.5) is 5.95 Å². The van der Waals surface area contributed by atoms with Gasteiger partial charge in [0.2, 0.25) is 5.95 Å². The molecule has 1 aromatic heterocycles. The molecule has 52 valence electrons. The number of aromatic amines is 2. The zero-order valence-corrected chi connectivity index (χ0v) is 4.92. The molecule has 0 spiro atoms. The first-order valence-corrected chi connectivity index (χ1v) is 2.40. The lowest BCUT2D eigenvalue weighted by atomic mass is 10.9. The Morgan fingerprint density at radius 3 is 2.60 bits per heavy atom. The van der Waals surface area contributed by atoms with E-state index in [2.05, 4.69) is 21.7 Å². The van der Waals surface area contributed by atoms with Crippen molar-refractivity contribution in [2.45, 2.75) is 0 Å². The van der Waals surface area contributed by atoms with Crippen LogP contribution < -0.4 is 11.4 Å². The summed E-state index contributed by atoms with van der Waals surface area (Å²) in [4.78, 5) is 31.4. The molecular weight excluding hydrogens is 136 g/mol. The highest BCUT2D eigenvalue weighted by atomic mass is 16.2. The Bertz CT molecular complexity index is 321. The molecule has 1 aromatic rings. The van der Waals surface area contributed by atoms with Crippen LogP contribution in [0.25, 0.3) is 0 Å². The van der Waals surface area contributed by atoms with Gasteiger partial charge in [-0.3, -0.25) is 9.97 Å². The third kappa shape index (κ3) is 1.16. The van der Waals surface area contributed by atoms with Crippen LogP contribution in [0.2, 0.25) is 0 Å². The molecule has 2 N–H and O–H groups in total. The molecule has 0 amide bonds. The van der Waals surface area contributed by atoms with Crippen LogP contribution in [0.1, 0.15) is 0 Å². The van der Waals surface area contributed by atoms with Gasteiger partial charge in [0.05, 0.1) is 0 Å².